The maximum atomic E-state index is 10.8. The molecule has 0 aromatic rings. The number of aliphatic hydroxyl groups excluding tert-OH is 6. The third kappa shape index (κ3) is 5.74. The van der Waals surface area contributed by atoms with Gasteiger partial charge in [-0.25, -0.2) is 0 Å². The molecule has 2 aliphatic heterocycles. The molecule has 0 aromatic carbocycles. The van der Waals surface area contributed by atoms with E-state index >= 15 is 0 Å². The van der Waals surface area contributed by atoms with Crippen LogP contribution in [0.2, 0.25) is 18.1 Å². The number of hydrogen-bond donors (Lipinski definition) is 6. The van der Waals surface area contributed by atoms with Crippen LogP contribution in [0.5, 0.6) is 0 Å². The van der Waals surface area contributed by atoms with Gasteiger partial charge in [-0.1, -0.05) is 32.8 Å². The Morgan fingerprint density at radius 3 is 1.97 bits per heavy atom. The minimum Gasteiger partial charge on any atom is -0.394 e. The summed E-state index contributed by atoms with van der Waals surface area (Å²) in [6.07, 6.45) is -13.1. The molecule has 10 atom stereocenters. The average Bonchev–Trinajstić information content (AvgIpc) is 2.77. The molecular weight excluding hydrogens is 470 g/mol. The summed E-state index contributed by atoms with van der Waals surface area (Å²) in [5.74, 6) is 0.246. The summed E-state index contributed by atoms with van der Waals surface area (Å²) >= 11 is 0. The maximum absolute atomic E-state index is 10.8. The van der Waals surface area contributed by atoms with E-state index in [9.17, 15) is 36.2 Å². The van der Waals surface area contributed by atoms with E-state index in [1.165, 1.54) is 0 Å². The van der Waals surface area contributed by atoms with E-state index in [1.807, 2.05) is 13.1 Å². The molecule has 0 unspecified atom stereocenters. The molecule has 0 spiro atoms. The molecule has 2 heterocycles. The van der Waals surface area contributed by atoms with Crippen molar-refractivity contribution in [3.8, 4) is 0 Å². The molecular formula is C20H39N3O10Si. The van der Waals surface area contributed by atoms with Crippen LogP contribution in [0.1, 0.15) is 27.7 Å². The number of aliphatic hydroxyl groups is 6. The standard InChI is InChI=1S/C20H39N3O10Si/c1-9(2)20(3,4)34(5,6)33-18-12(22-23-21)17(14(27)11(8-25)30-18)32-19-16(29)15(28)13(26)10(7-24)31-19/h9-19,24-29H,7-8H2,1-6H3/t10-,11-,12-,13+,14-,15+,16-,17-,18+,19+/m1/s1. The average molecular weight is 510 g/mol. The molecule has 0 bridgehead atoms. The molecule has 198 valence electrons. The molecule has 2 aliphatic rings. The fourth-order valence-corrected chi connectivity index (χ4v) is 6.43. The lowest BCUT2D eigenvalue weighted by Gasteiger charge is -2.50. The molecule has 2 rings (SSSR count). The first-order valence-corrected chi connectivity index (χ1v) is 14.3. The van der Waals surface area contributed by atoms with Crippen LogP contribution < -0.4 is 0 Å². The van der Waals surface area contributed by atoms with Crippen molar-refractivity contribution in [2.45, 2.75) is 107 Å². The van der Waals surface area contributed by atoms with Crippen LogP contribution in [0.4, 0.5) is 0 Å². The predicted octanol–water partition coefficient (Wildman–Crippen LogP) is -0.414. The molecule has 2 fully saturated rings. The molecule has 0 amide bonds. The highest BCUT2D eigenvalue weighted by Crippen LogP contribution is 2.46. The van der Waals surface area contributed by atoms with Gasteiger partial charge in [0.05, 0.1) is 13.2 Å². The first-order chi connectivity index (χ1) is 15.7. The Balaban J connectivity index is 2.38. The van der Waals surface area contributed by atoms with Crippen LogP contribution in [0, 0.1) is 5.92 Å². The first-order valence-electron chi connectivity index (χ1n) is 11.4. The fraction of sp³-hybridized carbons (Fsp3) is 1.00. The van der Waals surface area contributed by atoms with Crippen LogP contribution in [-0.2, 0) is 18.6 Å². The number of nitrogens with zero attached hydrogens (tertiary/aromatic N) is 3. The zero-order valence-electron chi connectivity index (χ0n) is 20.4. The quantitative estimate of drug-likeness (QED) is 0.102. The van der Waals surface area contributed by atoms with Gasteiger partial charge in [-0.05, 0) is 29.6 Å². The Labute approximate surface area is 200 Å². The van der Waals surface area contributed by atoms with Crippen molar-refractivity contribution in [1.82, 2.24) is 0 Å². The Morgan fingerprint density at radius 2 is 1.47 bits per heavy atom. The molecule has 13 nitrogen and oxygen atoms in total. The zero-order valence-corrected chi connectivity index (χ0v) is 21.4. The summed E-state index contributed by atoms with van der Waals surface area (Å²) in [4.78, 5) is 2.84. The van der Waals surface area contributed by atoms with E-state index in [0.717, 1.165) is 0 Å². The summed E-state index contributed by atoms with van der Waals surface area (Å²) in [5, 5.41) is 64.0. The van der Waals surface area contributed by atoms with Crippen molar-refractivity contribution in [3.63, 3.8) is 0 Å². The molecule has 0 radical (unpaired) electrons. The second kappa shape index (κ2) is 11.5. The predicted molar refractivity (Wildman–Crippen MR) is 121 cm³/mol. The van der Waals surface area contributed by atoms with Crippen LogP contribution in [-0.4, -0.2) is 114 Å². The van der Waals surface area contributed by atoms with Crippen molar-refractivity contribution in [2.75, 3.05) is 13.2 Å². The minimum absolute atomic E-state index is 0.240. The topological polar surface area (TPSA) is 207 Å². The number of rotatable bonds is 9. The van der Waals surface area contributed by atoms with Gasteiger partial charge in [0.1, 0.15) is 48.8 Å². The Bertz CT molecular complexity index is 721. The molecule has 34 heavy (non-hydrogen) atoms. The van der Waals surface area contributed by atoms with E-state index in [-0.39, 0.29) is 11.0 Å². The number of hydrogen-bond acceptors (Lipinski definition) is 11. The smallest absolute Gasteiger partial charge is 0.196 e. The van der Waals surface area contributed by atoms with Crippen LogP contribution in [0.3, 0.4) is 0 Å². The highest BCUT2D eigenvalue weighted by atomic mass is 28.4. The molecule has 0 saturated carbocycles. The van der Waals surface area contributed by atoms with Gasteiger partial charge in [-0.15, -0.1) is 0 Å². The van der Waals surface area contributed by atoms with E-state index < -0.39 is 82.9 Å². The van der Waals surface area contributed by atoms with Gasteiger partial charge in [0.15, 0.2) is 20.9 Å². The first kappa shape index (κ1) is 29.4. The molecule has 0 aliphatic carbocycles. The van der Waals surface area contributed by atoms with E-state index in [0.29, 0.717) is 0 Å². The summed E-state index contributed by atoms with van der Waals surface area (Å²) in [6.45, 7) is 11.0. The highest BCUT2D eigenvalue weighted by molar-refractivity contribution is 6.74. The number of azide groups is 1. The van der Waals surface area contributed by atoms with Gasteiger partial charge in [0, 0.05) is 4.91 Å². The molecule has 6 N–H and O–H groups in total. The Hall–Kier alpha value is -0.873. The summed E-state index contributed by atoms with van der Waals surface area (Å²) in [6, 6.07) is -1.25. The lowest BCUT2D eigenvalue weighted by molar-refractivity contribution is -0.338. The van der Waals surface area contributed by atoms with Crippen LogP contribution >= 0.6 is 0 Å². The lowest BCUT2D eigenvalue weighted by Crippen LogP contribution is -2.65. The Kier molecular flexibility index (Phi) is 9.89. The van der Waals surface area contributed by atoms with Gasteiger partial charge in [-0.2, -0.15) is 0 Å². The third-order valence-corrected chi connectivity index (χ3v) is 12.1. The molecule has 14 heteroatoms. The normalized spacial score (nSPS) is 39.7. The maximum Gasteiger partial charge on any atom is 0.196 e. The van der Waals surface area contributed by atoms with Gasteiger partial charge >= 0.3 is 0 Å². The summed E-state index contributed by atoms with van der Waals surface area (Å²) < 4.78 is 23.3. The van der Waals surface area contributed by atoms with Gasteiger partial charge in [0.25, 0.3) is 0 Å². The second-order valence-electron chi connectivity index (χ2n) is 10.2. The largest absolute Gasteiger partial charge is 0.394 e. The van der Waals surface area contributed by atoms with E-state index in [1.54, 1.807) is 0 Å². The van der Waals surface area contributed by atoms with Crippen molar-refractivity contribution in [1.29, 1.82) is 0 Å². The highest BCUT2D eigenvalue weighted by Gasteiger charge is 2.53. The molecule has 0 aromatic heterocycles. The monoisotopic (exact) mass is 509 g/mol. The van der Waals surface area contributed by atoms with Gasteiger partial charge < -0.3 is 49.3 Å². The SMILES string of the molecule is CC(C)C(C)(C)[Si](C)(C)O[C@@H]1O[C@H](CO)[C@@H](O)[C@H](O[C@@H]2O[C@H](CO)[C@H](O)[C@H](O)[C@H]2O)[C@H]1N=[N+]=[N-]. The van der Waals surface area contributed by atoms with Crippen LogP contribution in [0.15, 0.2) is 5.11 Å². The van der Waals surface area contributed by atoms with Crippen LogP contribution in [0.25, 0.3) is 10.4 Å². The van der Waals surface area contributed by atoms with Crippen molar-refractivity contribution >= 4 is 8.32 Å². The van der Waals surface area contributed by atoms with Gasteiger partial charge in [0.2, 0.25) is 0 Å². The lowest BCUT2D eigenvalue weighted by atomic mass is 9.96. The van der Waals surface area contributed by atoms with E-state index in [4.69, 9.17) is 18.6 Å². The minimum atomic E-state index is -2.56. The third-order valence-electron chi connectivity index (χ3n) is 7.55. The van der Waals surface area contributed by atoms with Gasteiger partial charge in [-0.3, -0.25) is 0 Å². The fourth-order valence-electron chi connectivity index (χ4n) is 3.96. The van der Waals surface area contributed by atoms with Crippen molar-refractivity contribution in [3.05, 3.63) is 10.4 Å². The summed E-state index contributed by atoms with van der Waals surface area (Å²) in [7, 11) is -2.56. The van der Waals surface area contributed by atoms with Crippen molar-refractivity contribution < 1.29 is 49.3 Å². The Morgan fingerprint density at radius 1 is 0.941 bits per heavy atom. The summed E-state index contributed by atoms with van der Waals surface area (Å²) in [5.41, 5.74) is 9.21. The van der Waals surface area contributed by atoms with E-state index in [2.05, 4.69) is 37.7 Å². The molecule has 2 saturated heterocycles. The second-order valence-corrected chi connectivity index (χ2v) is 14.8. The zero-order chi connectivity index (χ0) is 26.0. The number of ether oxygens (including phenoxy) is 3. The van der Waals surface area contributed by atoms with Crippen molar-refractivity contribution in [2.24, 2.45) is 11.0 Å².